The Kier molecular flexibility index (Phi) is 26.2. The second-order valence-corrected chi connectivity index (χ2v) is 24.8. The highest BCUT2D eigenvalue weighted by Gasteiger charge is 2.25. The third-order valence-corrected chi connectivity index (χ3v) is 16.6. The van der Waals surface area contributed by atoms with Gasteiger partial charge in [0, 0.05) is 32.0 Å². The average molecular weight is 1180 g/mol. The number of hydrogen-bond donors (Lipinski definition) is 0. The minimum atomic E-state index is -1.31. The molecule has 0 spiro atoms. The van der Waals surface area contributed by atoms with Gasteiger partial charge in [-0.05, 0) is 147 Å². The Balaban J connectivity index is 0.000000190. The van der Waals surface area contributed by atoms with Crippen LogP contribution in [0.4, 0.5) is 17.6 Å². The number of benzene rings is 10. The molecular formula is C80H93F4NS. The fraction of sp³-hybridized carbons (Fsp3) is 0.312. The van der Waals surface area contributed by atoms with Crippen molar-refractivity contribution in [2.75, 3.05) is 0 Å². The molecule has 0 unspecified atom stereocenters. The number of hydrogen-bond acceptors (Lipinski definition) is 2. The van der Waals surface area contributed by atoms with Crippen molar-refractivity contribution in [2.24, 2.45) is 0 Å². The van der Waals surface area contributed by atoms with Gasteiger partial charge in [-0.3, -0.25) is 4.98 Å². The van der Waals surface area contributed by atoms with Crippen LogP contribution < -0.4 is 0 Å². The summed E-state index contributed by atoms with van der Waals surface area (Å²) in [6.45, 7) is 34.4. The van der Waals surface area contributed by atoms with E-state index in [1.807, 2.05) is 37.7 Å². The van der Waals surface area contributed by atoms with Crippen molar-refractivity contribution in [3.8, 4) is 0 Å². The highest BCUT2D eigenvalue weighted by atomic mass is 32.2. The Morgan fingerprint density at radius 1 is 0.384 bits per heavy atom. The van der Waals surface area contributed by atoms with Gasteiger partial charge in [-0.1, -0.05) is 291 Å². The van der Waals surface area contributed by atoms with E-state index in [9.17, 15) is 17.6 Å². The van der Waals surface area contributed by atoms with E-state index >= 15 is 0 Å². The molecule has 6 heteroatoms. The second kappa shape index (κ2) is 32.5. The Hall–Kier alpha value is -7.28. The molecule has 0 fully saturated rings. The number of aromatic nitrogens is 1. The minimum Gasteiger partial charge on any atom is -0.253 e. The van der Waals surface area contributed by atoms with Crippen molar-refractivity contribution in [1.82, 2.24) is 4.98 Å². The number of nitrogens with zero attached hydrogens (tertiary/aromatic N) is 1. The van der Waals surface area contributed by atoms with Crippen molar-refractivity contribution >= 4 is 55.0 Å². The summed E-state index contributed by atoms with van der Waals surface area (Å²) in [6.07, 6.45) is 1.08. The lowest BCUT2D eigenvalue weighted by Crippen LogP contribution is -2.07. The van der Waals surface area contributed by atoms with E-state index in [2.05, 4.69) is 258 Å². The summed E-state index contributed by atoms with van der Waals surface area (Å²) >= 11 is 1.94. The topological polar surface area (TPSA) is 12.9 Å². The minimum absolute atomic E-state index is 0. The van der Waals surface area contributed by atoms with Gasteiger partial charge in [0.1, 0.15) is 0 Å². The third kappa shape index (κ3) is 17.5. The molecule has 1 nitrogen and oxygen atoms in total. The number of para-hydroxylation sites is 1. The number of pyridine rings is 1. The van der Waals surface area contributed by atoms with Crippen LogP contribution >= 0.6 is 11.8 Å². The zero-order valence-corrected chi connectivity index (χ0v) is 54.2. The maximum absolute atomic E-state index is 13.2. The predicted octanol–water partition coefficient (Wildman–Crippen LogP) is 25.5. The van der Waals surface area contributed by atoms with Gasteiger partial charge in [0.25, 0.3) is 0 Å². The standard InChI is InChI=1S/C19H16.C16H16S.C12H13N.C10H10F4.2C10H14.C2H6.CH4/c1-12(2)16-10-8-15-7-6-13-4-3-5-14-9-11-17(16)19(15)18(13)14;1-11(2)14-8-5-7-13-10-12-6-3-4-9-15(12)17-16(13)14;1-9(2)11-8-7-10-5-3-4-6-12(10)13-11;1-4(2)6-9(13)7(11)5(3)8(12)10(6)14;2*1-8(2)10-6-4-9(3)5-7-10;1-2;/h3-12H,1-2H3;3-9,11H,10H2,1-2H3;3-9H,1-2H3;4H,1-3H3;2*4-8H,1-3H3;1-2H3;1H4. The molecule has 0 atom stereocenters. The van der Waals surface area contributed by atoms with Gasteiger partial charge in [-0.2, -0.15) is 0 Å². The Morgan fingerprint density at radius 3 is 1.36 bits per heavy atom. The van der Waals surface area contributed by atoms with E-state index in [1.54, 1.807) is 0 Å². The van der Waals surface area contributed by atoms with Crippen molar-refractivity contribution in [3.63, 3.8) is 0 Å². The van der Waals surface area contributed by atoms with Crippen LogP contribution in [0.2, 0.25) is 0 Å². The van der Waals surface area contributed by atoms with E-state index in [-0.39, 0.29) is 7.43 Å². The molecule has 0 amide bonds. The van der Waals surface area contributed by atoms with Gasteiger partial charge in [0.2, 0.25) is 0 Å². The normalized spacial score (nSPS) is 11.3. The van der Waals surface area contributed by atoms with Crippen molar-refractivity contribution < 1.29 is 17.6 Å². The fourth-order valence-corrected chi connectivity index (χ4v) is 11.6. The molecule has 0 aliphatic carbocycles. The first-order valence-corrected chi connectivity index (χ1v) is 31.2. The first-order valence-electron chi connectivity index (χ1n) is 30.4. The van der Waals surface area contributed by atoms with E-state index in [0.29, 0.717) is 29.6 Å². The van der Waals surface area contributed by atoms with E-state index in [4.69, 9.17) is 0 Å². The molecule has 0 saturated heterocycles. The Bertz CT molecular complexity index is 3800. The zero-order valence-electron chi connectivity index (χ0n) is 53.4. The zero-order chi connectivity index (χ0) is 62.2. The summed E-state index contributed by atoms with van der Waals surface area (Å²) in [4.78, 5) is 7.49. The van der Waals surface area contributed by atoms with Gasteiger partial charge < -0.3 is 0 Å². The monoisotopic (exact) mass is 1180 g/mol. The maximum Gasteiger partial charge on any atom is 0.165 e. The fourth-order valence-electron chi connectivity index (χ4n) is 10.2. The van der Waals surface area contributed by atoms with Gasteiger partial charge in [0.15, 0.2) is 23.3 Å². The van der Waals surface area contributed by atoms with Gasteiger partial charge in [-0.25, -0.2) is 17.6 Å². The molecule has 11 aromatic rings. The highest BCUT2D eigenvalue weighted by Crippen LogP contribution is 2.43. The first kappa shape index (κ1) is 69.5. The molecule has 0 saturated carbocycles. The van der Waals surface area contributed by atoms with Gasteiger partial charge >= 0.3 is 0 Å². The van der Waals surface area contributed by atoms with Gasteiger partial charge in [-0.15, -0.1) is 0 Å². The number of fused-ring (bicyclic) bond motifs is 3. The summed E-state index contributed by atoms with van der Waals surface area (Å²) in [5.41, 5.74) is 12.5. The third-order valence-electron chi connectivity index (χ3n) is 15.3. The van der Waals surface area contributed by atoms with Crippen LogP contribution in [0, 0.1) is 44.0 Å². The molecular weight excluding hydrogens is 1080 g/mol. The van der Waals surface area contributed by atoms with Crippen LogP contribution in [-0.4, -0.2) is 4.98 Å². The summed E-state index contributed by atoms with van der Waals surface area (Å²) in [6, 6.07) is 65.5. The van der Waals surface area contributed by atoms with E-state index < -0.39 is 40.3 Å². The molecule has 1 aliphatic rings. The van der Waals surface area contributed by atoms with E-state index in [1.165, 1.54) is 112 Å². The summed E-state index contributed by atoms with van der Waals surface area (Å²) < 4.78 is 52.4. The van der Waals surface area contributed by atoms with Crippen molar-refractivity contribution in [1.29, 1.82) is 0 Å². The molecule has 0 bridgehead atoms. The molecule has 12 rings (SSSR count). The molecule has 452 valence electrons. The maximum atomic E-state index is 13.2. The second-order valence-electron chi connectivity index (χ2n) is 23.7. The highest BCUT2D eigenvalue weighted by molar-refractivity contribution is 7.99. The summed E-state index contributed by atoms with van der Waals surface area (Å²) in [5.74, 6) is -2.84. The summed E-state index contributed by atoms with van der Waals surface area (Å²) in [5, 5.41) is 9.52. The van der Waals surface area contributed by atoms with Crippen LogP contribution in [0.3, 0.4) is 0 Å². The van der Waals surface area contributed by atoms with E-state index in [0.717, 1.165) is 18.9 Å². The summed E-state index contributed by atoms with van der Waals surface area (Å²) in [7, 11) is 0. The molecule has 86 heavy (non-hydrogen) atoms. The van der Waals surface area contributed by atoms with Crippen molar-refractivity contribution in [3.05, 3.63) is 267 Å². The molecule has 1 aliphatic heterocycles. The molecule has 1 aromatic heterocycles. The lowest BCUT2D eigenvalue weighted by Gasteiger charge is -2.22. The van der Waals surface area contributed by atoms with Crippen molar-refractivity contribution in [2.45, 2.75) is 177 Å². The largest absolute Gasteiger partial charge is 0.253 e. The SMILES string of the molecule is C.CC.CC(C)c1ccc2ccc3cccc4ccc1c2c34.CC(C)c1ccc2ccccc2n1.CC(C)c1cccc2c1Sc1ccccc1C2.Cc1c(F)c(F)c(C(C)C)c(F)c1F.Cc1ccc(C(C)C)cc1.Cc1ccc(C(C)C)cc1. The number of rotatable bonds is 6. The first-order chi connectivity index (χ1) is 40.6. The Morgan fingerprint density at radius 2 is 0.837 bits per heavy atom. The number of aryl methyl sites for hydroxylation is 2. The lowest BCUT2D eigenvalue weighted by molar-refractivity contribution is 0.425. The molecule has 2 heterocycles. The van der Waals surface area contributed by atoms with Crippen LogP contribution in [0.1, 0.15) is 201 Å². The predicted molar refractivity (Wildman–Crippen MR) is 368 cm³/mol. The average Bonchev–Trinajstić information content (AvgIpc) is 1.20. The smallest absolute Gasteiger partial charge is 0.165 e. The molecule has 10 aromatic carbocycles. The van der Waals surface area contributed by atoms with Crippen LogP contribution in [0.25, 0.3) is 43.2 Å². The van der Waals surface area contributed by atoms with Gasteiger partial charge in [0.05, 0.1) is 5.52 Å². The molecule has 0 radical (unpaired) electrons. The van der Waals surface area contributed by atoms with Crippen LogP contribution in [-0.2, 0) is 6.42 Å². The lowest BCUT2D eigenvalue weighted by atomic mass is 9.89. The molecule has 0 N–H and O–H groups in total. The Labute approximate surface area is 518 Å². The quantitative estimate of drug-likeness (QED) is 0.0935. The van der Waals surface area contributed by atoms with Crippen LogP contribution in [0.5, 0.6) is 0 Å². The number of halogens is 4. The van der Waals surface area contributed by atoms with Crippen LogP contribution in [0.15, 0.2) is 192 Å².